The minimum Gasteiger partial charge on any atom is -0.289 e. The Hall–Kier alpha value is -3.22. The van der Waals surface area contributed by atoms with Crippen LogP contribution in [0.4, 0.5) is 0 Å². The molecule has 6 heteroatoms. The van der Waals surface area contributed by atoms with Crippen molar-refractivity contribution in [3.05, 3.63) is 120 Å². The molecule has 0 saturated heterocycles. The second-order valence-corrected chi connectivity index (χ2v) is 12.4. The van der Waals surface area contributed by atoms with Crippen molar-refractivity contribution in [2.24, 2.45) is 11.8 Å². The fourth-order valence-corrected chi connectivity index (χ4v) is 7.44. The number of rotatable bonds is 7. The Morgan fingerprint density at radius 2 is 1.36 bits per heavy atom. The van der Waals surface area contributed by atoms with Crippen molar-refractivity contribution in [2.75, 3.05) is 0 Å². The first-order valence-corrected chi connectivity index (χ1v) is 14.1. The molecular formula is C30H28O4S2. The van der Waals surface area contributed by atoms with Gasteiger partial charge >= 0.3 is 0 Å². The molecule has 3 aromatic carbocycles. The lowest BCUT2D eigenvalue weighted by atomic mass is 9.83. The largest absolute Gasteiger partial charge is 0.289 e. The molecule has 2 unspecified atom stereocenters. The fraction of sp³-hybridized carbons (Fsp3) is 0.200. The third-order valence-corrected chi connectivity index (χ3v) is 10.1. The van der Waals surface area contributed by atoms with E-state index in [0.29, 0.717) is 16.7 Å². The first kappa shape index (κ1) is 25.9. The molecule has 0 aromatic heterocycles. The third kappa shape index (κ3) is 4.75. The van der Waals surface area contributed by atoms with E-state index in [9.17, 15) is 18.0 Å². The molecule has 0 bridgehead atoms. The predicted octanol–water partition coefficient (Wildman–Crippen LogP) is 6.62. The van der Waals surface area contributed by atoms with Crippen LogP contribution in [0.15, 0.2) is 113 Å². The van der Waals surface area contributed by atoms with Gasteiger partial charge in [-0.2, -0.15) is 0 Å². The maximum atomic E-state index is 13.6. The highest BCUT2D eigenvalue weighted by atomic mass is 32.2. The van der Waals surface area contributed by atoms with E-state index in [1.165, 1.54) is 11.8 Å². The number of hydrogen-bond acceptors (Lipinski definition) is 5. The molecule has 184 valence electrons. The Bertz CT molecular complexity index is 1420. The summed E-state index contributed by atoms with van der Waals surface area (Å²) in [4.78, 5) is 27.3. The molecule has 0 heterocycles. The van der Waals surface area contributed by atoms with Crippen molar-refractivity contribution < 1.29 is 18.0 Å². The van der Waals surface area contributed by atoms with Crippen molar-refractivity contribution >= 4 is 32.5 Å². The summed E-state index contributed by atoms with van der Waals surface area (Å²) in [6, 6.07) is 23.9. The second-order valence-electron chi connectivity index (χ2n) is 9.15. The lowest BCUT2D eigenvalue weighted by Crippen LogP contribution is -2.45. The Kier molecular flexibility index (Phi) is 7.48. The third-order valence-electron chi connectivity index (χ3n) is 6.41. The molecule has 4 rings (SSSR count). The standard InChI is InChI=1S/C30H28O4S2/c1-21(2)29(32)36(33,34)30(20-8-7-9-22(30)3)25-14-18-27(19-15-25)35-26-16-12-24(13-17-26)28(31)23-10-5-4-6-11-23/h4-22H,1-3H3. The lowest BCUT2D eigenvalue weighted by Gasteiger charge is -2.36. The highest BCUT2D eigenvalue weighted by Gasteiger charge is 2.51. The summed E-state index contributed by atoms with van der Waals surface area (Å²) in [7, 11) is -4.15. The SMILES string of the molecule is CC(C)C(=O)S(=O)(=O)C1(c2ccc(Sc3ccc(C(=O)c4ccccc4)cc3)cc2)C=CC=CC1C. The van der Waals surface area contributed by atoms with Gasteiger partial charge in [-0.05, 0) is 42.0 Å². The quantitative estimate of drug-likeness (QED) is 0.330. The van der Waals surface area contributed by atoms with E-state index >= 15 is 0 Å². The summed E-state index contributed by atoms with van der Waals surface area (Å²) in [5.41, 5.74) is 1.83. The van der Waals surface area contributed by atoms with Gasteiger partial charge in [0.2, 0.25) is 15.0 Å². The minimum atomic E-state index is -4.15. The summed E-state index contributed by atoms with van der Waals surface area (Å²) in [6.07, 6.45) is 6.98. The van der Waals surface area contributed by atoms with Crippen LogP contribution in [0.5, 0.6) is 0 Å². The molecule has 0 aliphatic heterocycles. The monoisotopic (exact) mass is 516 g/mol. The summed E-state index contributed by atoms with van der Waals surface area (Å²) >= 11 is 1.52. The number of benzene rings is 3. The van der Waals surface area contributed by atoms with E-state index in [1.807, 2.05) is 73.7 Å². The summed E-state index contributed by atoms with van der Waals surface area (Å²) in [5.74, 6) is -1.05. The molecule has 0 N–H and O–H groups in total. The zero-order chi connectivity index (χ0) is 25.9. The number of ketones is 1. The smallest absolute Gasteiger partial charge is 0.250 e. The van der Waals surface area contributed by atoms with Gasteiger partial charge in [0, 0.05) is 32.8 Å². The molecule has 0 spiro atoms. The van der Waals surface area contributed by atoms with Crippen LogP contribution in [0.2, 0.25) is 0 Å². The Balaban J connectivity index is 1.59. The number of carbonyl (C=O) groups excluding carboxylic acids is 2. The van der Waals surface area contributed by atoms with Gasteiger partial charge in [-0.25, -0.2) is 8.42 Å². The van der Waals surface area contributed by atoms with Gasteiger partial charge < -0.3 is 0 Å². The predicted molar refractivity (Wildman–Crippen MR) is 145 cm³/mol. The normalized spacial score (nSPS) is 19.4. The zero-order valence-corrected chi connectivity index (χ0v) is 22.1. The Morgan fingerprint density at radius 3 is 1.92 bits per heavy atom. The van der Waals surface area contributed by atoms with Crippen LogP contribution in [0.3, 0.4) is 0 Å². The van der Waals surface area contributed by atoms with Crippen molar-refractivity contribution in [3.63, 3.8) is 0 Å². The zero-order valence-electron chi connectivity index (χ0n) is 20.4. The van der Waals surface area contributed by atoms with Gasteiger partial charge in [0.05, 0.1) is 0 Å². The number of hydrogen-bond donors (Lipinski definition) is 0. The van der Waals surface area contributed by atoms with Gasteiger partial charge in [-0.15, -0.1) is 0 Å². The van der Waals surface area contributed by atoms with Crippen LogP contribution in [0, 0.1) is 11.8 Å². The van der Waals surface area contributed by atoms with E-state index in [1.54, 1.807) is 50.3 Å². The summed E-state index contributed by atoms with van der Waals surface area (Å²) in [6.45, 7) is 5.05. The molecule has 36 heavy (non-hydrogen) atoms. The Morgan fingerprint density at radius 1 is 0.806 bits per heavy atom. The summed E-state index contributed by atoms with van der Waals surface area (Å²) < 4.78 is 25.7. The van der Waals surface area contributed by atoms with E-state index in [-0.39, 0.29) is 5.78 Å². The van der Waals surface area contributed by atoms with E-state index < -0.39 is 31.5 Å². The van der Waals surface area contributed by atoms with Gasteiger partial charge in [0.1, 0.15) is 4.75 Å². The van der Waals surface area contributed by atoms with Crippen LogP contribution >= 0.6 is 11.8 Å². The van der Waals surface area contributed by atoms with Crippen LogP contribution in [-0.2, 0) is 19.4 Å². The van der Waals surface area contributed by atoms with Gasteiger partial charge in [0.15, 0.2) is 5.78 Å². The molecule has 3 aromatic rings. The molecule has 1 aliphatic rings. The van der Waals surface area contributed by atoms with Crippen molar-refractivity contribution in [1.82, 2.24) is 0 Å². The van der Waals surface area contributed by atoms with Crippen LogP contribution < -0.4 is 0 Å². The average molecular weight is 517 g/mol. The molecular weight excluding hydrogens is 488 g/mol. The van der Waals surface area contributed by atoms with Gasteiger partial charge in [-0.3, -0.25) is 9.59 Å². The lowest BCUT2D eigenvalue weighted by molar-refractivity contribution is -0.114. The van der Waals surface area contributed by atoms with E-state index in [0.717, 1.165) is 9.79 Å². The average Bonchev–Trinajstić information content (AvgIpc) is 2.89. The maximum absolute atomic E-state index is 13.6. The second kappa shape index (κ2) is 10.4. The molecule has 4 nitrogen and oxygen atoms in total. The fourth-order valence-electron chi connectivity index (χ4n) is 4.40. The Labute approximate surface area is 217 Å². The number of carbonyl (C=O) groups is 2. The summed E-state index contributed by atoms with van der Waals surface area (Å²) in [5, 5.41) is -0.752. The molecule has 0 fully saturated rings. The topological polar surface area (TPSA) is 68.3 Å². The molecule has 0 radical (unpaired) electrons. The van der Waals surface area contributed by atoms with Crippen LogP contribution in [-0.4, -0.2) is 19.3 Å². The number of sulfone groups is 1. The maximum Gasteiger partial charge on any atom is 0.250 e. The molecule has 0 saturated carbocycles. The molecule has 0 amide bonds. The minimum absolute atomic E-state index is 0.0253. The molecule has 1 aliphatic carbocycles. The van der Waals surface area contributed by atoms with Crippen molar-refractivity contribution in [1.29, 1.82) is 0 Å². The van der Waals surface area contributed by atoms with Crippen molar-refractivity contribution in [3.8, 4) is 0 Å². The first-order valence-electron chi connectivity index (χ1n) is 11.8. The van der Waals surface area contributed by atoms with Gasteiger partial charge in [0.25, 0.3) is 0 Å². The van der Waals surface area contributed by atoms with Crippen molar-refractivity contribution in [2.45, 2.75) is 35.3 Å². The highest BCUT2D eigenvalue weighted by molar-refractivity contribution is 8.07. The van der Waals surface area contributed by atoms with E-state index in [4.69, 9.17) is 0 Å². The van der Waals surface area contributed by atoms with E-state index in [2.05, 4.69) is 0 Å². The van der Waals surface area contributed by atoms with Gasteiger partial charge in [-0.1, -0.05) is 99.3 Å². The molecule has 2 atom stereocenters. The van der Waals surface area contributed by atoms with Crippen LogP contribution in [0.25, 0.3) is 0 Å². The first-order chi connectivity index (χ1) is 17.2. The number of allylic oxidation sites excluding steroid dienone is 3. The van der Waals surface area contributed by atoms with Crippen LogP contribution in [0.1, 0.15) is 42.3 Å². The highest BCUT2D eigenvalue weighted by Crippen LogP contribution is 2.44.